The van der Waals surface area contributed by atoms with Crippen molar-refractivity contribution >= 4 is 23.6 Å². The summed E-state index contributed by atoms with van der Waals surface area (Å²) >= 11 is 0. The number of nitrogens with zero attached hydrogens (tertiary/aromatic N) is 3. The van der Waals surface area contributed by atoms with Crippen molar-refractivity contribution in [1.82, 2.24) is 20.2 Å². The van der Waals surface area contributed by atoms with Crippen LogP contribution in [0.2, 0.25) is 0 Å². The molecule has 224 valence electrons. The van der Waals surface area contributed by atoms with E-state index >= 15 is 0 Å². The number of carbonyl (C=O) groups excluding carboxylic acids is 4. The number of benzene rings is 2. The maximum absolute atomic E-state index is 13.8. The van der Waals surface area contributed by atoms with Crippen molar-refractivity contribution in [2.45, 2.75) is 53.1 Å². The SMILES string of the molecule is CCOC(=O)[C@H](O)CNN(Cc1ccc(-c2ccccc2)cc1)C(=O)c1cc(C(C)=O)nn1COC(=O)[C@@H](N)C(C)C. The maximum Gasteiger partial charge on any atom is 0.336 e. The highest BCUT2D eigenvalue weighted by molar-refractivity contribution is 5.97. The van der Waals surface area contributed by atoms with Crippen LogP contribution in [0.25, 0.3) is 11.1 Å². The minimum Gasteiger partial charge on any atom is -0.464 e. The molecule has 1 heterocycles. The van der Waals surface area contributed by atoms with Crippen LogP contribution in [0.15, 0.2) is 60.7 Å². The molecule has 0 aliphatic heterocycles. The van der Waals surface area contributed by atoms with Gasteiger partial charge in [-0.2, -0.15) is 5.10 Å². The summed E-state index contributed by atoms with van der Waals surface area (Å²) in [4.78, 5) is 50.2. The molecule has 0 aliphatic carbocycles. The summed E-state index contributed by atoms with van der Waals surface area (Å²) in [6.07, 6.45) is -1.54. The first-order valence-electron chi connectivity index (χ1n) is 13.6. The summed E-state index contributed by atoms with van der Waals surface area (Å²) in [6.45, 7) is 5.74. The number of esters is 2. The standard InChI is InChI=1S/C30H37N5O7/c1-5-41-29(39)26(37)16-32-34(17-21-11-13-23(14-12-21)22-9-7-6-8-10-22)28(38)25-15-24(20(4)36)33-35(25)18-42-30(40)27(31)19(2)3/h6-15,19,26-27,32,37H,5,16-18,31H2,1-4H3/t26-,27+/m1/s1. The molecular weight excluding hydrogens is 542 g/mol. The second-order valence-electron chi connectivity index (χ2n) is 9.92. The molecule has 3 aromatic rings. The Morgan fingerprint density at radius 1 is 1.00 bits per heavy atom. The number of nitrogens with one attached hydrogen (secondary N) is 1. The van der Waals surface area contributed by atoms with E-state index in [1.165, 1.54) is 18.0 Å². The van der Waals surface area contributed by atoms with Crippen LogP contribution in [0.4, 0.5) is 0 Å². The van der Waals surface area contributed by atoms with Crippen molar-refractivity contribution < 1.29 is 33.8 Å². The lowest BCUT2D eigenvalue weighted by Gasteiger charge is -2.25. The fraction of sp³-hybridized carbons (Fsp3) is 0.367. The number of nitrogens with two attached hydrogens (primary N) is 1. The molecule has 0 saturated carbocycles. The van der Waals surface area contributed by atoms with Crippen molar-refractivity contribution in [2.75, 3.05) is 13.2 Å². The van der Waals surface area contributed by atoms with E-state index in [-0.39, 0.29) is 37.0 Å². The van der Waals surface area contributed by atoms with Crippen molar-refractivity contribution in [1.29, 1.82) is 0 Å². The van der Waals surface area contributed by atoms with Gasteiger partial charge in [0.15, 0.2) is 18.6 Å². The fourth-order valence-corrected chi connectivity index (χ4v) is 3.82. The molecule has 0 saturated heterocycles. The molecule has 0 bridgehead atoms. The topological polar surface area (TPSA) is 166 Å². The predicted molar refractivity (Wildman–Crippen MR) is 154 cm³/mol. The van der Waals surface area contributed by atoms with Crippen LogP contribution in [0.1, 0.15) is 54.2 Å². The molecule has 0 radical (unpaired) electrons. The van der Waals surface area contributed by atoms with E-state index in [9.17, 15) is 24.3 Å². The Labute approximate surface area is 244 Å². The number of carbonyl (C=O) groups is 4. The van der Waals surface area contributed by atoms with Crippen LogP contribution in [-0.4, -0.2) is 68.8 Å². The van der Waals surface area contributed by atoms with Gasteiger partial charge in [0.05, 0.1) is 19.7 Å². The largest absolute Gasteiger partial charge is 0.464 e. The minimum absolute atomic E-state index is 0.0127. The van der Waals surface area contributed by atoms with E-state index < -0.39 is 42.5 Å². The van der Waals surface area contributed by atoms with Gasteiger partial charge in [-0.05, 0) is 29.5 Å². The van der Waals surface area contributed by atoms with Crippen molar-refractivity contribution in [2.24, 2.45) is 11.7 Å². The third kappa shape index (κ3) is 8.56. The number of ketones is 1. The van der Waals surface area contributed by atoms with Gasteiger partial charge in [0.1, 0.15) is 17.4 Å². The van der Waals surface area contributed by atoms with E-state index in [2.05, 4.69) is 10.5 Å². The highest BCUT2D eigenvalue weighted by Crippen LogP contribution is 2.20. The molecule has 0 aliphatic rings. The summed E-state index contributed by atoms with van der Waals surface area (Å²) in [7, 11) is 0. The van der Waals surface area contributed by atoms with Gasteiger partial charge in [-0.1, -0.05) is 68.4 Å². The van der Waals surface area contributed by atoms with E-state index in [1.54, 1.807) is 20.8 Å². The molecule has 0 unspecified atom stereocenters. The van der Waals surface area contributed by atoms with Crippen LogP contribution in [0, 0.1) is 5.92 Å². The molecule has 2 atom stereocenters. The average molecular weight is 580 g/mol. The zero-order chi connectivity index (χ0) is 30.8. The average Bonchev–Trinajstić information content (AvgIpc) is 3.42. The van der Waals surface area contributed by atoms with Crippen LogP contribution in [0.3, 0.4) is 0 Å². The number of rotatable bonds is 14. The van der Waals surface area contributed by atoms with E-state index in [4.69, 9.17) is 15.2 Å². The highest BCUT2D eigenvalue weighted by atomic mass is 16.5. The molecule has 42 heavy (non-hydrogen) atoms. The Morgan fingerprint density at radius 3 is 2.24 bits per heavy atom. The molecule has 0 fully saturated rings. The number of hydrogen-bond acceptors (Lipinski definition) is 10. The van der Waals surface area contributed by atoms with Gasteiger partial charge in [0, 0.05) is 13.0 Å². The Bertz CT molecular complexity index is 1370. The van der Waals surface area contributed by atoms with Gasteiger partial charge in [-0.15, -0.1) is 0 Å². The van der Waals surface area contributed by atoms with Crippen LogP contribution in [-0.2, 0) is 32.3 Å². The zero-order valence-corrected chi connectivity index (χ0v) is 24.1. The summed E-state index contributed by atoms with van der Waals surface area (Å²) in [6, 6.07) is 17.7. The summed E-state index contributed by atoms with van der Waals surface area (Å²) in [5.74, 6) is -2.76. The van der Waals surface area contributed by atoms with Gasteiger partial charge in [-0.25, -0.2) is 14.9 Å². The first kappa shape index (κ1) is 32.1. The third-order valence-corrected chi connectivity index (χ3v) is 6.36. The smallest absolute Gasteiger partial charge is 0.336 e. The molecule has 4 N–H and O–H groups in total. The highest BCUT2D eigenvalue weighted by Gasteiger charge is 2.27. The van der Waals surface area contributed by atoms with Gasteiger partial charge < -0.3 is 20.3 Å². The molecular formula is C30H37N5O7. The first-order valence-corrected chi connectivity index (χ1v) is 13.6. The Hall–Kier alpha value is -4.39. The zero-order valence-electron chi connectivity index (χ0n) is 24.1. The monoisotopic (exact) mass is 579 g/mol. The number of amides is 1. The van der Waals surface area contributed by atoms with E-state index in [1.807, 2.05) is 54.6 Å². The number of hydrazine groups is 1. The Morgan fingerprint density at radius 2 is 1.64 bits per heavy atom. The molecule has 1 aromatic heterocycles. The normalized spacial score (nSPS) is 12.5. The fourth-order valence-electron chi connectivity index (χ4n) is 3.82. The second kappa shape index (κ2) is 15.0. The Balaban J connectivity index is 1.88. The lowest BCUT2D eigenvalue weighted by atomic mass is 10.0. The van der Waals surface area contributed by atoms with Crippen molar-refractivity contribution in [3.05, 3.63) is 77.6 Å². The molecule has 3 rings (SSSR count). The number of Topliss-reactive ketones (excluding diaryl/α,β-unsaturated/α-hetero) is 1. The third-order valence-electron chi connectivity index (χ3n) is 6.36. The summed E-state index contributed by atoms with van der Waals surface area (Å²) in [5, 5.41) is 15.6. The molecule has 2 aromatic carbocycles. The molecule has 12 heteroatoms. The van der Waals surface area contributed by atoms with Crippen LogP contribution >= 0.6 is 0 Å². The summed E-state index contributed by atoms with van der Waals surface area (Å²) in [5.41, 5.74) is 11.3. The van der Waals surface area contributed by atoms with E-state index in [0.29, 0.717) is 0 Å². The van der Waals surface area contributed by atoms with Gasteiger partial charge in [0.2, 0.25) is 0 Å². The second-order valence-corrected chi connectivity index (χ2v) is 9.92. The predicted octanol–water partition coefficient (Wildman–Crippen LogP) is 2.31. The number of hydrogen-bond donors (Lipinski definition) is 3. The van der Waals surface area contributed by atoms with Gasteiger partial charge >= 0.3 is 11.9 Å². The first-order chi connectivity index (χ1) is 20.0. The minimum atomic E-state index is -1.54. The lowest BCUT2D eigenvalue weighted by molar-refractivity contribution is -0.153. The van der Waals surface area contributed by atoms with E-state index in [0.717, 1.165) is 21.4 Å². The maximum atomic E-state index is 13.8. The number of aliphatic hydroxyl groups excluding tert-OH is 1. The Kier molecular flexibility index (Phi) is 11.5. The quantitative estimate of drug-likeness (QED) is 0.147. The molecule has 1 amide bonds. The van der Waals surface area contributed by atoms with Gasteiger partial charge in [-0.3, -0.25) is 19.4 Å². The number of aromatic nitrogens is 2. The molecule has 0 spiro atoms. The molecule has 12 nitrogen and oxygen atoms in total. The lowest BCUT2D eigenvalue weighted by Crippen LogP contribution is -2.48. The van der Waals surface area contributed by atoms with Gasteiger partial charge in [0.25, 0.3) is 5.91 Å². The van der Waals surface area contributed by atoms with Crippen molar-refractivity contribution in [3.8, 4) is 11.1 Å². The van der Waals surface area contributed by atoms with Crippen molar-refractivity contribution in [3.63, 3.8) is 0 Å². The van der Waals surface area contributed by atoms with Crippen LogP contribution in [0.5, 0.6) is 0 Å². The van der Waals surface area contributed by atoms with Crippen LogP contribution < -0.4 is 11.2 Å². The number of ether oxygens (including phenoxy) is 2. The summed E-state index contributed by atoms with van der Waals surface area (Å²) < 4.78 is 11.2. The number of aliphatic hydroxyl groups is 1.